The molecule has 1 aliphatic rings. The number of aromatic hydroxyl groups is 1. The summed E-state index contributed by atoms with van der Waals surface area (Å²) < 4.78 is 2.41. The van der Waals surface area contributed by atoms with Gasteiger partial charge in [-0.25, -0.2) is 0 Å². The van der Waals surface area contributed by atoms with Crippen LogP contribution in [-0.4, -0.2) is 9.67 Å². The van der Waals surface area contributed by atoms with Crippen LogP contribution in [0.4, 0.5) is 0 Å². The molecule has 1 aliphatic carbocycles. The Balaban J connectivity index is 1.63. The van der Waals surface area contributed by atoms with E-state index in [1.807, 2.05) is 12.1 Å². The Kier molecular flexibility index (Phi) is 4.62. The topological polar surface area (TPSA) is 25.2 Å². The molecule has 39 heavy (non-hydrogen) atoms. The van der Waals surface area contributed by atoms with Crippen molar-refractivity contribution >= 4 is 21.8 Å². The average Bonchev–Trinajstić information content (AvgIpc) is 3.49. The van der Waals surface area contributed by atoms with Crippen LogP contribution < -0.4 is 0 Å². The van der Waals surface area contributed by atoms with Crippen molar-refractivity contribution in [2.24, 2.45) is 0 Å². The van der Waals surface area contributed by atoms with Gasteiger partial charge >= 0.3 is 0 Å². The fourth-order valence-corrected chi connectivity index (χ4v) is 6.90. The molecule has 0 saturated heterocycles. The van der Waals surface area contributed by atoms with Crippen LogP contribution in [0.2, 0.25) is 0 Å². The third-order valence-electron chi connectivity index (χ3n) is 8.37. The van der Waals surface area contributed by atoms with E-state index in [1.165, 1.54) is 44.1 Å². The van der Waals surface area contributed by atoms with Crippen molar-refractivity contribution in [1.29, 1.82) is 0 Å². The van der Waals surface area contributed by atoms with E-state index in [0.717, 1.165) is 16.8 Å². The largest absolute Gasteiger partial charge is 0.508 e. The van der Waals surface area contributed by atoms with Crippen molar-refractivity contribution in [2.75, 3.05) is 0 Å². The number of phenols is 1. The number of para-hydroxylation sites is 3. The van der Waals surface area contributed by atoms with E-state index >= 15 is 0 Å². The third kappa shape index (κ3) is 2.86. The molecule has 0 bridgehead atoms. The van der Waals surface area contributed by atoms with Gasteiger partial charge in [-0.05, 0) is 46.5 Å². The number of rotatable bonds is 3. The van der Waals surface area contributed by atoms with E-state index in [4.69, 9.17) is 0 Å². The minimum Gasteiger partial charge on any atom is -0.508 e. The smallest absolute Gasteiger partial charge is 0.120 e. The number of benzene rings is 6. The average molecular weight is 500 g/mol. The molecule has 0 radical (unpaired) electrons. The van der Waals surface area contributed by atoms with Gasteiger partial charge in [-0.3, -0.25) is 0 Å². The van der Waals surface area contributed by atoms with Crippen LogP contribution in [0, 0.1) is 0 Å². The molecule has 184 valence electrons. The van der Waals surface area contributed by atoms with Crippen LogP contribution in [0.25, 0.3) is 38.6 Å². The van der Waals surface area contributed by atoms with Crippen LogP contribution >= 0.6 is 0 Å². The molecular formula is C37H25NO. The second kappa shape index (κ2) is 8.21. The van der Waals surface area contributed by atoms with Gasteiger partial charge in [0.15, 0.2) is 0 Å². The quantitative estimate of drug-likeness (QED) is 0.258. The lowest BCUT2D eigenvalue weighted by Crippen LogP contribution is -2.28. The highest BCUT2D eigenvalue weighted by Crippen LogP contribution is 2.59. The first-order chi connectivity index (χ1) is 19.3. The summed E-state index contributed by atoms with van der Waals surface area (Å²) in [6, 6.07) is 51.0. The van der Waals surface area contributed by atoms with E-state index in [9.17, 15) is 5.11 Å². The molecule has 0 aliphatic heterocycles. The predicted octanol–water partition coefficient (Wildman–Crippen LogP) is 8.85. The van der Waals surface area contributed by atoms with Gasteiger partial charge in [-0.15, -0.1) is 0 Å². The number of fused-ring (bicyclic) bond motifs is 7. The maximum atomic E-state index is 11.4. The minimum absolute atomic E-state index is 0.299. The lowest BCUT2D eigenvalue weighted by molar-refractivity contribution is 0.461. The summed E-state index contributed by atoms with van der Waals surface area (Å²) in [5.74, 6) is 0.299. The van der Waals surface area contributed by atoms with Crippen LogP contribution in [0.5, 0.6) is 5.75 Å². The molecule has 6 aromatic carbocycles. The summed E-state index contributed by atoms with van der Waals surface area (Å²) in [5.41, 5.74) is 9.67. The van der Waals surface area contributed by atoms with Gasteiger partial charge < -0.3 is 9.67 Å². The summed E-state index contributed by atoms with van der Waals surface area (Å²) in [4.78, 5) is 0. The molecule has 0 saturated carbocycles. The summed E-state index contributed by atoms with van der Waals surface area (Å²) in [6.45, 7) is 0. The number of hydrogen-bond acceptors (Lipinski definition) is 1. The van der Waals surface area contributed by atoms with Crippen molar-refractivity contribution in [3.05, 3.63) is 168 Å². The van der Waals surface area contributed by atoms with Crippen molar-refractivity contribution in [2.45, 2.75) is 5.41 Å². The molecule has 1 aromatic heterocycles. The van der Waals surface area contributed by atoms with Gasteiger partial charge in [0.2, 0.25) is 0 Å². The first-order valence-corrected chi connectivity index (χ1v) is 13.4. The van der Waals surface area contributed by atoms with E-state index < -0.39 is 5.41 Å². The Morgan fingerprint density at radius 1 is 0.487 bits per heavy atom. The first-order valence-electron chi connectivity index (χ1n) is 13.4. The highest BCUT2D eigenvalue weighted by Gasteiger charge is 2.48. The molecule has 2 nitrogen and oxygen atoms in total. The van der Waals surface area contributed by atoms with Crippen molar-refractivity contribution in [3.8, 4) is 22.6 Å². The predicted molar refractivity (Wildman–Crippen MR) is 160 cm³/mol. The van der Waals surface area contributed by atoms with Gasteiger partial charge in [0, 0.05) is 27.6 Å². The fourth-order valence-electron chi connectivity index (χ4n) is 6.90. The molecular weight excluding hydrogens is 474 g/mol. The zero-order valence-electron chi connectivity index (χ0n) is 21.3. The molecule has 1 atom stereocenters. The maximum Gasteiger partial charge on any atom is 0.120 e. The minimum atomic E-state index is -0.662. The van der Waals surface area contributed by atoms with Crippen molar-refractivity contribution in [3.63, 3.8) is 0 Å². The van der Waals surface area contributed by atoms with E-state index in [1.54, 1.807) is 6.07 Å². The molecule has 0 fully saturated rings. The lowest BCUT2D eigenvalue weighted by Gasteiger charge is -2.34. The van der Waals surface area contributed by atoms with Gasteiger partial charge in [0.1, 0.15) is 5.75 Å². The Morgan fingerprint density at radius 3 is 1.92 bits per heavy atom. The molecule has 1 unspecified atom stereocenters. The Labute approximate surface area is 227 Å². The normalized spacial score (nSPS) is 15.9. The number of hydrogen-bond donors (Lipinski definition) is 1. The second-order valence-electron chi connectivity index (χ2n) is 10.3. The second-order valence-corrected chi connectivity index (χ2v) is 10.3. The molecule has 0 spiro atoms. The fraction of sp³-hybridized carbons (Fsp3) is 0.0270. The molecule has 7 aromatic rings. The monoisotopic (exact) mass is 499 g/mol. The highest BCUT2D eigenvalue weighted by atomic mass is 16.3. The molecule has 1 N–H and O–H groups in total. The van der Waals surface area contributed by atoms with Gasteiger partial charge in [0.05, 0.1) is 16.4 Å². The van der Waals surface area contributed by atoms with Gasteiger partial charge in [0.25, 0.3) is 0 Å². The van der Waals surface area contributed by atoms with Crippen molar-refractivity contribution in [1.82, 2.24) is 4.57 Å². The number of nitrogens with zero attached hydrogens (tertiary/aromatic N) is 1. The molecule has 0 amide bonds. The maximum absolute atomic E-state index is 11.4. The Hall–Kier alpha value is -5.08. The van der Waals surface area contributed by atoms with Crippen LogP contribution in [0.3, 0.4) is 0 Å². The molecule has 8 rings (SSSR count). The standard InChI is InChI=1S/C37H25NO/c39-34-22-12-10-20-31(34)37(25-13-3-1-4-14-25)30-19-9-7-18-29(30)35-32(37)24-23-28-27-17-8-11-21-33(27)38(36(28)35)26-15-5-2-6-16-26/h1-24,39H. The summed E-state index contributed by atoms with van der Waals surface area (Å²) in [6.07, 6.45) is 0. The number of aromatic nitrogens is 1. The Bertz CT molecular complexity index is 2020. The summed E-state index contributed by atoms with van der Waals surface area (Å²) in [7, 11) is 0. The van der Waals surface area contributed by atoms with Crippen LogP contribution in [-0.2, 0) is 5.41 Å². The summed E-state index contributed by atoms with van der Waals surface area (Å²) in [5, 5.41) is 13.9. The first kappa shape index (κ1) is 22.0. The molecule has 2 heteroatoms. The zero-order valence-corrected chi connectivity index (χ0v) is 21.3. The number of phenolic OH excluding ortho intramolecular Hbond substituents is 1. The van der Waals surface area contributed by atoms with Gasteiger partial charge in [-0.2, -0.15) is 0 Å². The van der Waals surface area contributed by atoms with Gasteiger partial charge in [-0.1, -0.05) is 121 Å². The van der Waals surface area contributed by atoms with Crippen LogP contribution in [0.1, 0.15) is 22.3 Å². The Morgan fingerprint density at radius 2 is 1.13 bits per heavy atom. The lowest BCUT2D eigenvalue weighted by atomic mass is 9.67. The van der Waals surface area contributed by atoms with Crippen molar-refractivity contribution < 1.29 is 5.11 Å². The van der Waals surface area contributed by atoms with E-state index in [2.05, 4.69) is 132 Å². The van der Waals surface area contributed by atoms with E-state index in [-0.39, 0.29) is 0 Å². The highest BCUT2D eigenvalue weighted by molar-refractivity contribution is 6.16. The SMILES string of the molecule is Oc1ccccc1C1(c2ccccc2)c2ccccc2-c2c1ccc1c3ccccc3n(-c3ccccc3)c21. The third-order valence-corrected chi connectivity index (χ3v) is 8.37. The van der Waals surface area contributed by atoms with E-state index in [0.29, 0.717) is 5.75 Å². The summed E-state index contributed by atoms with van der Waals surface area (Å²) >= 11 is 0. The zero-order chi connectivity index (χ0) is 26.0. The van der Waals surface area contributed by atoms with Crippen LogP contribution in [0.15, 0.2) is 146 Å². The molecule has 1 heterocycles.